The van der Waals surface area contributed by atoms with Crippen molar-refractivity contribution in [2.45, 2.75) is 57.3 Å². The molecule has 5 heteroatoms. The van der Waals surface area contributed by atoms with E-state index >= 15 is 0 Å². The van der Waals surface area contributed by atoms with Crippen LogP contribution in [0.25, 0.3) is 0 Å². The van der Waals surface area contributed by atoms with Gasteiger partial charge in [-0.25, -0.2) is 4.79 Å². The van der Waals surface area contributed by atoms with Crippen LogP contribution in [0.4, 0.5) is 8.78 Å². The highest BCUT2D eigenvalue weighted by Gasteiger charge is 2.35. The van der Waals surface area contributed by atoms with Gasteiger partial charge in [-0.1, -0.05) is 37.3 Å². The normalized spacial score (nSPS) is 23.7. The Morgan fingerprint density at radius 3 is 2.31 bits per heavy atom. The van der Waals surface area contributed by atoms with Crippen LogP contribution in [0, 0.1) is 29.4 Å². The molecule has 0 aliphatic heterocycles. The Bertz CT molecular complexity index is 1050. The molecule has 2 aromatic carbocycles. The van der Waals surface area contributed by atoms with Gasteiger partial charge in [-0.3, -0.25) is 0 Å². The van der Waals surface area contributed by atoms with Gasteiger partial charge in [0, 0.05) is 0 Å². The van der Waals surface area contributed by atoms with Gasteiger partial charge in [-0.05, 0) is 98.4 Å². The van der Waals surface area contributed by atoms with Gasteiger partial charge in [0.05, 0.1) is 5.56 Å². The van der Waals surface area contributed by atoms with Crippen LogP contribution in [0.3, 0.4) is 0 Å². The third-order valence-electron chi connectivity index (χ3n) is 7.69. The topological polar surface area (TPSA) is 35.5 Å². The zero-order valence-electron chi connectivity index (χ0n) is 20.2. The lowest BCUT2D eigenvalue weighted by Crippen LogP contribution is -2.30. The highest BCUT2D eigenvalue weighted by Crippen LogP contribution is 2.48. The van der Waals surface area contributed by atoms with Gasteiger partial charge in [0.15, 0.2) is 11.5 Å². The number of benzene rings is 2. The third-order valence-corrected chi connectivity index (χ3v) is 7.69. The number of rotatable bonds is 9. The van der Waals surface area contributed by atoms with E-state index in [9.17, 15) is 13.6 Å². The van der Waals surface area contributed by atoms with Crippen molar-refractivity contribution >= 4 is 5.97 Å². The van der Waals surface area contributed by atoms with Crippen molar-refractivity contribution in [2.24, 2.45) is 17.8 Å². The molecule has 2 fully saturated rings. The molecule has 0 N–H and O–H groups in total. The predicted molar refractivity (Wildman–Crippen MR) is 134 cm³/mol. The molecule has 2 saturated carbocycles. The van der Waals surface area contributed by atoms with Gasteiger partial charge in [-0.15, -0.1) is 6.58 Å². The predicted octanol–water partition coefficient (Wildman–Crippen LogP) is 8.02. The first-order valence-electron chi connectivity index (χ1n) is 12.6. The summed E-state index contributed by atoms with van der Waals surface area (Å²) >= 11 is 0. The molecule has 0 radical (unpaired) electrons. The number of fused-ring (bicyclic) bond motifs is 1. The molecular formula is C30H34F2O3. The summed E-state index contributed by atoms with van der Waals surface area (Å²) in [5.41, 5.74) is 1.53. The molecule has 3 nitrogen and oxygen atoms in total. The molecule has 0 heterocycles. The Labute approximate surface area is 206 Å². The van der Waals surface area contributed by atoms with Crippen LogP contribution >= 0.6 is 0 Å². The van der Waals surface area contributed by atoms with E-state index in [4.69, 9.17) is 9.47 Å². The first-order valence-corrected chi connectivity index (χ1v) is 12.6. The van der Waals surface area contributed by atoms with Gasteiger partial charge in [0.25, 0.3) is 0 Å². The highest BCUT2D eigenvalue weighted by atomic mass is 19.2. The standard InChI is InChI=1S/C30H34F2O3/c1-3-5-6-20-7-8-25-19-24(14-13-23(25)18-20)21-9-11-22(12-10-21)30(33)35-27-16-15-26(34-17-4-2)28(31)29(27)32/h3-4,9-12,15-16,20,23-25H,1-2,5-8,13-14,17-19H2. The number of hydrogen-bond donors (Lipinski definition) is 0. The van der Waals surface area contributed by atoms with Crippen molar-refractivity contribution < 1.29 is 23.0 Å². The Morgan fingerprint density at radius 2 is 1.57 bits per heavy atom. The average Bonchev–Trinajstić information content (AvgIpc) is 2.89. The van der Waals surface area contributed by atoms with Crippen LogP contribution in [0.15, 0.2) is 61.7 Å². The summed E-state index contributed by atoms with van der Waals surface area (Å²) in [6.07, 6.45) is 13.5. The van der Waals surface area contributed by atoms with Gasteiger partial charge < -0.3 is 9.47 Å². The minimum absolute atomic E-state index is 0.0422. The zero-order valence-corrected chi connectivity index (χ0v) is 20.2. The molecule has 0 aromatic heterocycles. The van der Waals surface area contributed by atoms with E-state index in [1.54, 1.807) is 12.1 Å². The summed E-state index contributed by atoms with van der Waals surface area (Å²) in [5, 5.41) is 0. The van der Waals surface area contributed by atoms with Crippen LogP contribution < -0.4 is 9.47 Å². The van der Waals surface area contributed by atoms with E-state index in [1.165, 1.54) is 68.7 Å². The van der Waals surface area contributed by atoms with Crippen molar-refractivity contribution in [3.05, 3.63) is 84.5 Å². The lowest BCUT2D eigenvalue weighted by atomic mass is 9.63. The average molecular weight is 481 g/mol. The second kappa shape index (κ2) is 11.7. The molecule has 35 heavy (non-hydrogen) atoms. The Morgan fingerprint density at radius 1 is 0.886 bits per heavy atom. The van der Waals surface area contributed by atoms with Crippen molar-refractivity contribution in [1.82, 2.24) is 0 Å². The molecule has 2 aromatic rings. The van der Waals surface area contributed by atoms with E-state index in [-0.39, 0.29) is 12.4 Å². The number of halogens is 2. The smallest absolute Gasteiger partial charge is 0.343 e. The lowest BCUT2D eigenvalue weighted by Gasteiger charge is -2.42. The van der Waals surface area contributed by atoms with Gasteiger partial charge in [0.1, 0.15) is 6.61 Å². The summed E-state index contributed by atoms with van der Waals surface area (Å²) in [5.74, 6) is -0.925. The number of carbonyl (C=O) groups excluding carboxylic acids is 1. The maximum absolute atomic E-state index is 14.3. The first-order chi connectivity index (χ1) is 17.0. The number of esters is 1. The summed E-state index contributed by atoms with van der Waals surface area (Å²) < 4.78 is 38.7. The fourth-order valence-corrected chi connectivity index (χ4v) is 5.81. The number of hydrogen-bond acceptors (Lipinski definition) is 3. The monoisotopic (exact) mass is 480 g/mol. The fourth-order valence-electron chi connectivity index (χ4n) is 5.81. The zero-order chi connectivity index (χ0) is 24.8. The second-order valence-electron chi connectivity index (χ2n) is 9.88. The molecule has 2 aliphatic rings. The molecule has 186 valence electrons. The molecular weight excluding hydrogens is 446 g/mol. The maximum atomic E-state index is 14.3. The van der Waals surface area contributed by atoms with E-state index in [0.29, 0.717) is 11.5 Å². The molecule has 0 spiro atoms. The van der Waals surface area contributed by atoms with Crippen LogP contribution in [0.1, 0.15) is 73.2 Å². The Hall–Kier alpha value is -2.95. The number of ether oxygens (including phenoxy) is 2. The number of carbonyl (C=O) groups is 1. The first kappa shape index (κ1) is 25.2. The molecule has 4 rings (SSSR count). The fraction of sp³-hybridized carbons (Fsp3) is 0.433. The summed E-state index contributed by atoms with van der Waals surface area (Å²) in [6.45, 7) is 7.37. The van der Waals surface area contributed by atoms with Crippen molar-refractivity contribution in [3.63, 3.8) is 0 Å². The Kier molecular flexibility index (Phi) is 8.37. The van der Waals surface area contributed by atoms with Crippen LogP contribution in [0.5, 0.6) is 11.5 Å². The van der Waals surface area contributed by atoms with Crippen molar-refractivity contribution in [1.29, 1.82) is 0 Å². The SMILES string of the molecule is C=CCCC1CCC2CC(c3ccc(C(=O)Oc4ccc(OCC=C)c(F)c4F)cc3)CCC2C1. The molecule has 2 aliphatic carbocycles. The highest BCUT2D eigenvalue weighted by molar-refractivity contribution is 5.91. The third kappa shape index (κ3) is 6.01. The van der Waals surface area contributed by atoms with Crippen molar-refractivity contribution in [3.8, 4) is 11.5 Å². The molecule has 0 bridgehead atoms. The van der Waals surface area contributed by atoms with Crippen LogP contribution in [-0.2, 0) is 0 Å². The Balaban J connectivity index is 1.35. The van der Waals surface area contributed by atoms with Gasteiger partial charge in [-0.2, -0.15) is 8.78 Å². The summed E-state index contributed by atoms with van der Waals surface area (Å²) in [6, 6.07) is 9.79. The van der Waals surface area contributed by atoms with Crippen LogP contribution in [-0.4, -0.2) is 12.6 Å². The van der Waals surface area contributed by atoms with E-state index in [2.05, 4.69) is 13.2 Å². The van der Waals surface area contributed by atoms with Gasteiger partial charge >= 0.3 is 5.97 Å². The summed E-state index contributed by atoms with van der Waals surface area (Å²) in [7, 11) is 0. The van der Waals surface area contributed by atoms with E-state index < -0.39 is 23.4 Å². The quantitative estimate of drug-likeness (QED) is 0.207. The molecule has 0 saturated heterocycles. The van der Waals surface area contributed by atoms with E-state index in [1.807, 2.05) is 18.2 Å². The molecule has 4 atom stereocenters. The van der Waals surface area contributed by atoms with Crippen LogP contribution in [0.2, 0.25) is 0 Å². The number of allylic oxidation sites excluding steroid dienone is 1. The summed E-state index contributed by atoms with van der Waals surface area (Å²) in [4.78, 5) is 12.6. The molecule has 4 unspecified atom stereocenters. The largest absolute Gasteiger partial charge is 0.486 e. The molecule has 0 amide bonds. The van der Waals surface area contributed by atoms with Gasteiger partial charge in [0.2, 0.25) is 11.6 Å². The second-order valence-corrected chi connectivity index (χ2v) is 9.88. The minimum atomic E-state index is -1.26. The lowest BCUT2D eigenvalue weighted by molar-refractivity contribution is 0.0726. The minimum Gasteiger partial charge on any atom is -0.486 e. The van der Waals surface area contributed by atoms with E-state index in [0.717, 1.165) is 24.2 Å². The van der Waals surface area contributed by atoms with Crippen molar-refractivity contribution in [2.75, 3.05) is 6.61 Å². The maximum Gasteiger partial charge on any atom is 0.343 e.